The average Bonchev–Trinajstić information content (AvgIpc) is 2.39. The van der Waals surface area contributed by atoms with E-state index in [0.717, 1.165) is 0 Å². The number of carbonyl (C=O) groups excluding carboxylic acids is 1. The topological polar surface area (TPSA) is 38.3 Å². The molecule has 19 heavy (non-hydrogen) atoms. The predicted octanol–water partition coefficient (Wildman–Crippen LogP) is 1.24. The van der Waals surface area contributed by atoms with Gasteiger partial charge in [0.15, 0.2) is 5.75 Å². The van der Waals surface area contributed by atoms with E-state index in [1.54, 1.807) is 30.3 Å². The number of para-hydroxylation sites is 2. The van der Waals surface area contributed by atoms with Crippen LogP contribution in [0.3, 0.4) is 0 Å². The molecule has 0 saturated heterocycles. The molecule has 0 heterocycles. The number of carbonyl (C=O) groups is 1. The molecule has 0 bridgehead atoms. The monoisotopic (exact) mass is 305 g/mol. The van der Waals surface area contributed by atoms with Gasteiger partial charge in [-0.05, 0) is 24.3 Å². The molecule has 0 aliphatic rings. The Morgan fingerprint density at radius 1 is 1.11 bits per heavy atom. The molecule has 0 atom stereocenters. The molecule has 1 N–H and O–H groups in total. The van der Waals surface area contributed by atoms with Crippen molar-refractivity contribution in [1.82, 2.24) is 0 Å². The Morgan fingerprint density at radius 2 is 1.79 bits per heavy atom. The minimum Gasteiger partial charge on any atom is -1.00 e. The Bertz CT molecular complexity index is 570. The number of hydrogen-bond donors (Lipinski definition) is 1. The fourth-order valence-corrected chi connectivity index (χ4v) is 1.90. The molecule has 0 aliphatic heterocycles. The Morgan fingerprint density at radius 3 is 2.42 bits per heavy atom. The largest absolute Gasteiger partial charge is 1.00 e. The smallest absolute Gasteiger partial charge is 1.00 e. The third-order valence-electron chi connectivity index (χ3n) is 2.32. The van der Waals surface area contributed by atoms with Gasteiger partial charge in [-0.2, -0.15) is 0 Å². The van der Waals surface area contributed by atoms with Crippen LogP contribution in [0.2, 0.25) is 5.02 Å². The van der Waals surface area contributed by atoms with Crippen molar-refractivity contribution in [2.75, 3.05) is 5.32 Å². The van der Waals surface area contributed by atoms with E-state index in [1.165, 1.54) is 0 Å². The van der Waals surface area contributed by atoms with Crippen molar-refractivity contribution in [3.63, 3.8) is 0 Å². The molecule has 2 aromatic rings. The van der Waals surface area contributed by atoms with Crippen LogP contribution in [-0.2, 0) is 0 Å². The predicted molar refractivity (Wildman–Crippen MR) is 73.4 cm³/mol. The van der Waals surface area contributed by atoms with E-state index in [-0.39, 0.29) is 53.2 Å². The molecule has 0 spiro atoms. The molecule has 1 amide bonds. The molecule has 0 radical (unpaired) electrons. The molecule has 2 rings (SSSR count). The summed E-state index contributed by atoms with van der Waals surface area (Å²) in [6.45, 7) is 0. The second-order valence-corrected chi connectivity index (χ2v) is 4.08. The van der Waals surface area contributed by atoms with Crippen molar-refractivity contribution in [3.8, 4) is 5.75 Å². The molecule has 3 nitrogen and oxygen atoms in total. The molecule has 0 aromatic heterocycles. The minimum absolute atomic E-state index is 0. The zero-order valence-corrected chi connectivity index (χ0v) is 13.7. The van der Waals surface area contributed by atoms with Crippen LogP contribution in [0.5, 0.6) is 5.75 Å². The van der Waals surface area contributed by atoms with Gasteiger partial charge in [0.2, 0.25) is 0 Å². The standard InChI is InChI=1S/C13H9Cl2NO2.Na.H/c14-11-8-4-7-10(12(11)18-15)13(17)16-9-5-2-1-3-6-9;;/h1-8H,(H,16,17);;/q;+1;-1. The number of halogens is 2. The van der Waals surface area contributed by atoms with Crippen LogP contribution in [-0.4, -0.2) is 5.91 Å². The SMILES string of the molecule is O=C(Nc1ccccc1)c1cccc(Cl)c1OCl.[H-].[Na+]. The van der Waals surface area contributed by atoms with Crippen LogP contribution >= 0.6 is 23.5 Å². The number of rotatable bonds is 3. The zero-order chi connectivity index (χ0) is 13.0. The summed E-state index contributed by atoms with van der Waals surface area (Å²) in [5.74, 6) is -0.186. The summed E-state index contributed by atoms with van der Waals surface area (Å²) >= 11 is 11.2. The van der Waals surface area contributed by atoms with Crippen molar-refractivity contribution < 1.29 is 40.1 Å². The maximum absolute atomic E-state index is 12.0. The van der Waals surface area contributed by atoms with Crippen molar-refractivity contribution in [1.29, 1.82) is 0 Å². The summed E-state index contributed by atoms with van der Waals surface area (Å²) in [7, 11) is 0. The second kappa shape index (κ2) is 7.78. The van der Waals surface area contributed by atoms with E-state index in [2.05, 4.69) is 9.61 Å². The van der Waals surface area contributed by atoms with Gasteiger partial charge in [0.25, 0.3) is 5.91 Å². The van der Waals surface area contributed by atoms with Crippen molar-refractivity contribution >= 4 is 35.1 Å². The third-order valence-corrected chi connectivity index (χ3v) is 2.77. The van der Waals surface area contributed by atoms with Crippen LogP contribution in [0.15, 0.2) is 48.5 Å². The van der Waals surface area contributed by atoms with E-state index in [0.29, 0.717) is 5.69 Å². The second-order valence-electron chi connectivity index (χ2n) is 3.51. The van der Waals surface area contributed by atoms with Crippen LogP contribution in [0.25, 0.3) is 0 Å². The van der Waals surface area contributed by atoms with E-state index < -0.39 is 0 Å². The fourth-order valence-electron chi connectivity index (χ4n) is 1.49. The third kappa shape index (κ3) is 4.13. The van der Waals surface area contributed by atoms with Gasteiger partial charge >= 0.3 is 29.6 Å². The summed E-state index contributed by atoms with van der Waals surface area (Å²) in [6.07, 6.45) is 0. The zero-order valence-electron chi connectivity index (χ0n) is 11.2. The van der Waals surface area contributed by atoms with Gasteiger partial charge in [-0.25, -0.2) is 0 Å². The first-order chi connectivity index (χ1) is 8.72. The van der Waals surface area contributed by atoms with Crippen LogP contribution in [0, 0.1) is 0 Å². The summed E-state index contributed by atoms with van der Waals surface area (Å²) in [5, 5.41) is 3.01. The average molecular weight is 306 g/mol. The number of benzene rings is 2. The molecule has 94 valence electrons. The normalized spacial score (nSPS) is 9.37. The Balaban J connectivity index is 0.00000180. The molecule has 0 unspecified atom stereocenters. The maximum atomic E-state index is 12.0. The van der Waals surface area contributed by atoms with E-state index in [9.17, 15) is 4.79 Å². The molecule has 0 aliphatic carbocycles. The van der Waals surface area contributed by atoms with E-state index >= 15 is 0 Å². The molecule has 0 saturated carbocycles. The van der Waals surface area contributed by atoms with Gasteiger partial charge in [-0.1, -0.05) is 35.9 Å². The van der Waals surface area contributed by atoms with Crippen molar-refractivity contribution in [2.45, 2.75) is 0 Å². The van der Waals surface area contributed by atoms with Crippen LogP contribution in [0.4, 0.5) is 5.69 Å². The molecule has 2 aromatic carbocycles. The Hall–Kier alpha value is -0.710. The Kier molecular flexibility index (Phi) is 6.69. The van der Waals surface area contributed by atoms with Crippen LogP contribution < -0.4 is 39.2 Å². The first-order valence-corrected chi connectivity index (χ1v) is 5.84. The minimum atomic E-state index is -0.334. The molecular weight excluding hydrogens is 296 g/mol. The van der Waals surface area contributed by atoms with Gasteiger partial charge in [0.1, 0.15) is 11.9 Å². The summed E-state index contributed by atoms with van der Waals surface area (Å²) in [4.78, 5) is 12.0. The fraction of sp³-hybridized carbons (Fsp3) is 0. The number of anilines is 1. The van der Waals surface area contributed by atoms with Crippen LogP contribution in [0.1, 0.15) is 11.8 Å². The number of amides is 1. The quantitative estimate of drug-likeness (QED) is 0.867. The van der Waals surface area contributed by atoms with Crippen molar-refractivity contribution in [3.05, 3.63) is 59.1 Å². The van der Waals surface area contributed by atoms with E-state index in [1.807, 2.05) is 18.2 Å². The van der Waals surface area contributed by atoms with Gasteiger partial charge in [-0.15, -0.1) is 0 Å². The molecule has 0 fully saturated rings. The van der Waals surface area contributed by atoms with Gasteiger partial charge in [0.05, 0.1) is 10.6 Å². The number of hydrogen-bond acceptors (Lipinski definition) is 2. The van der Waals surface area contributed by atoms with Crippen molar-refractivity contribution in [2.24, 2.45) is 0 Å². The number of nitrogens with one attached hydrogen (secondary N) is 1. The molecular formula is C13H10Cl2NNaO2. The summed E-state index contributed by atoms with van der Waals surface area (Å²) < 4.78 is 4.61. The van der Waals surface area contributed by atoms with Gasteiger partial charge in [0, 0.05) is 5.69 Å². The van der Waals surface area contributed by atoms with Gasteiger partial charge in [-0.3, -0.25) is 4.79 Å². The Labute approximate surface area is 144 Å². The maximum Gasteiger partial charge on any atom is 1.00 e. The molecule has 6 heteroatoms. The summed E-state index contributed by atoms with van der Waals surface area (Å²) in [5.41, 5.74) is 0.962. The first kappa shape index (κ1) is 16.3. The van der Waals surface area contributed by atoms with Gasteiger partial charge < -0.3 is 11.0 Å². The van der Waals surface area contributed by atoms with E-state index in [4.69, 9.17) is 23.5 Å². The summed E-state index contributed by atoms with van der Waals surface area (Å²) in [6, 6.07) is 13.9. The first-order valence-electron chi connectivity index (χ1n) is 5.16.